The van der Waals surface area contributed by atoms with Crippen LogP contribution in [0.15, 0.2) is 44.9 Å². The van der Waals surface area contributed by atoms with Gasteiger partial charge in [0, 0.05) is 10.4 Å². The Morgan fingerprint density at radius 3 is 2.44 bits per heavy atom. The Bertz CT molecular complexity index is 568. The predicted octanol–water partition coefficient (Wildman–Crippen LogP) is 5.69. The van der Waals surface area contributed by atoms with E-state index in [1.807, 2.05) is 45.1 Å². The minimum atomic E-state index is 0.283. The van der Waals surface area contributed by atoms with Crippen molar-refractivity contribution >= 4 is 64.1 Å². The minimum Gasteiger partial charge on any atom is -0.122 e. The van der Waals surface area contributed by atoms with E-state index >= 15 is 0 Å². The molecule has 2 heterocycles. The maximum Gasteiger partial charge on any atom is 0.0601 e. The van der Waals surface area contributed by atoms with Gasteiger partial charge in [-0.15, -0.1) is 23.5 Å². The molecule has 2 aliphatic rings. The van der Waals surface area contributed by atoms with E-state index in [9.17, 15) is 0 Å². The number of rotatable bonds is 3. The monoisotopic (exact) mass is 328 g/mol. The van der Waals surface area contributed by atoms with Gasteiger partial charge >= 0.3 is 0 Å². The first-order valence-corrected chi connectivity index (χ1v) is 11.7. The molecule has 1 unspecified atom stereocenters. The molecule has 0 amide bonds. The van der Waals surface area contributed by atoms with Gasteiger partial charge in [0.05, 0.1) is 8.47 Å². The molecule has 0 bridgehead atoms. The van der Waals surface area contributed by atoms with Crippen LogP contribution in [0.3, 0.4) is 0 Å². The molecular formula is C13H12S5. The van der Waals surface area contributed by atoms with Gasteiger partial charge in [0.1, 0.15) is 0 Å². The lowest BCUT2D eigenvalue weighted by molar-refractivity contribution is 1.65. The molecule has 5 heteroatoms. The number of allylic oxidation sites excluding steroid dienone is 2. The Labute approximate surface area is 126 Å². The molecule has 0 aromatic heterocycles. The molecular weight excluding hydrogens is 316 g/mol. The first-order valence-electron chi connectivity index (χ1n) is 5.41. The fraction of sp³-hybridized carbons (Fsp3) is 0.154. The van der Waals surface area contributed by atoms with Gasteiger partial charge in [-0.3, -0.25) is 0 Å². The molecule has 0 saturated carbocycles. The molecule has 1 atom stereocenters. The predicted molar refractivity (Wildman–Crippen MR) is 96.3 cm³/mol. The Morgan fingerprint density at radius 2 is 1.78 bits per heavy atom. The van der Waals surface area contributed by atoms with E-state index in [4.69, 9.17) is 0 Å². The van der Waals surface area contributed by atoms with E-state index in [-0.39, 0.29) is 8.55 Å². The molecule has 2 aliphatic heterocycles. The van der Waals surface area contributed by atoms with E-state index in [0.717, 1.165) is 0 Å². The summed E-state index contributed by atoms with van der Waals surface area (Å²) in [6, 6.07) is 10.8. The van der Waals surface area contributed by atoms with Crippen LogP contribution in [0.25, 0.3) is 5.57 Å². The first-order chi connectivity index (χ1) is 8.83. The second kappa shape index (κ2) is 5.75. The smallest absolute Gasteiger partial charge is 0.0601 e. The van der Waals surface area contributed by atoms with E-state index < -0.39 is 0 Å². The van der Waals surface area contributed by atoms with Gasteiger partial charge in [-0.05, 0) is 45.7 Å². The number of benzene rings is 1. The normalized spacial score (nSPS) is 22.4. The van der Waals surface area contributed by atoms with Crippen LogP contribution in [0.5, 0.6) is 0 Å². The van der Waals surface area contributed by atoms with Crippen LogP contribution < -0.4 is 0 Å². The molecule has 94 valence electrons. The zero-order valence-corrected chi connectivity index (χ0v) is 14.1. The molecule has 0 nitrogen and oxygen atoms in total. The Balaban J connectivity index is 2.07. The summed E-state index contributed by atoms with van der Waals surface area (Å²) in [6.45, 7) is 0. The van der Waals surface area contributed by atoms with Crippen LogP contribution in [0, 0.1) is 0 Å². The maximum atomic E-state index is 2.39. The fourth-order valence-electron chi connectivity index (χ4n) is 1.82. The quantitative estimate of drug-likeness (QED) is 0.516. The summed E-state index contributed by atoms with van der Waals surface area (Å²) in [7, 11) is 4.34. The molecule has 0 saturated heterocycles. The summed E-state index contributed by atoms with van der Waals surface area (Å²) < 4.78 is 2.93. The van der Waals surface area contributed by atoms with Crippen LogP contribution in [0.2, 0.25) is 0 Å². The topological polar surface area (TPSA) is 0 Å². The van der Waals surface area contributed by atoms with Gasteiger partial charge in [-0.2, -0.15) is 0 Å². The largest absolute Gasteiger partial charge is 0.122 e. The molecule has 0 N–H and O–H groups in total. The third kappa shape index (κ3) is 2.36. The third-order valence-electron chi connectivity index (χ3n) is 2.64. The highest BCUT2D eigenvalue weighted by Crippen LogP contribution is 2.65. The molecule has 18 heavy (non-hydrogen) atoms. The van der Waals surface area contributed by atoms with Gasteiger partial charge in [-0.1, -0.05) is 38.9 Å². The summed E-state index contributed by atoms with van der Waals surface area (Å²) in [5, 5.41) is 0. The second-order valence-corrected chi connectivity index (χ2v) is 11.6. The van der Waals surface area contributed by atoms with Crippen LogP contribution in [0.4, 0.5) is 0 Å². The van der Waals surface area contributed by atoms with Crippen molar-refractivity contribution in [2.24, 2.45) is 0 Å². The van der Waals surface area contributed by atoms with Crippen LogP contribution >= 0.6 is 53.7 Å². The van der Waals surface area contributed by atoms with Crippen molar-refractivity contribution in [3.05, 3.63) is 50.4 Å². The standard InChI is InChI=1S/C13H12S5/c1-14-11-8-10-12(9-6-4-3-5-7-9)13(15-2)17-18(10)16-11/h3-8H,1-2H3. The molecule has 1 aromatic rings. The van der Waals surface area contributed by atoms with Crippen molar-refractivity contribution in [2.45, 2.75) is 0 Å². The molecule has 3 rings (SSSR count). The van der Waals surface area contributed by atoms with Gasteiger partial charge in [0.15, 0.2) is 0 Å². The van der Waals surface area contributed by atoms with Gasteiger partial charge in [0.2, 0.25) is 0 Å². The SMILES string of the molecule is CSC1=CC2=S(S1)SC(SC)=C2c1ccccc1. The zero-order valence-electron chi connectivity index (χ0n) is 10.0. The van der Waals surface area contributed by atoms with Crippen molar-refractivity contribution in [3.63, 3.8) is 0 Å². The van der Waals surface area contributed by atoms with Crippen LogP contribution in [-0.2, 0) is 0 Å². The summed E-state index contributed by atoms with van der Waals surface area (Å²) >= 11 is 3.74. The zero-order chi connectivity index (χ0) is 12.5. The van der Waals surface area contributed by atoms with Gasteiger partial charge < -0.3 is 0 Å². The van der Waals surface area contributed by atoms with E-state index in [2.05, 4.69) is 48.9 Å². The number of hydrogen-bond donors (Lipinski definition) is 0. The van der Waals surface area contributed by atoms with Crippen molar-refractivity contribution in [1.82, 2.24) is 0 Å². The second-order valence-electron chi connectivity index (χ2n) is 3.67. The Kier molecular flexibility index (Phi) is 4.25. The fourth-order valence-corrected chi connectivity index (χ4v) is 12.4. The van der Waals surface area contributed by atoms with Crippen molar-refractivity contribution < 1.29 is 0 Å². The minimum absolute atomic E-state index is 0.283. The highest BCUT2D eigenvalue weighted by molar-refractivity contribution is 9.18. The van der Waals surface area contributed by atoms with Crippen LogP contribution in [0.1, 0.15) is 5.56 Å². The number of hydrogen-bond acceptors (Lipinski definition) is 4. The summed E-state index contributed by atoms with van der Waals surface area (Å²) in [6.07, 6.45) is 6.73. The van der Waals surface area contributed by atoms with Crippen molar-refractivity contribution in [2.75, 3.05) is 12.5 Å². The summed E-state index contributed by atoms with van der Waals surface area (Å²) in [4.78, 5) is 1.53. The third-order valence-corrected chi connectivity index (χ3v) is 11.7. The lowest BCUT2D eigenvalue weighted by Gasteiger charge is -2.07. The highest BCUT2D eigenvalue weighted by Gasteiger charge is 2.29. The highest BCUT2D eigenvalue weighted by atomic mass is 33.5. The molecule has 0 radical (unpaired) electrons. The first kappa shape index (κ1) is 13.3. The average Bonchev–Trinajstić information content (AvgIpc) is 2.95. The Hall–Kier alpha value is 0.320. The molecule has 0 fully saturated rings. The van der Waals surface area contributed by atoms with E-state index in [1.54, 1.807) is 0 Å². The van der Waals surface area contributed by atoms with Gasteiger partial charge in [0.25, 0.3) is 0 Å². The molecule has 1 aromatic carbocycles. The van der Waals surface area contributed by atoms with Crippen molar-refractivity contribution in [1.29, 1.82) is 0 Å². The maximum absolute atomic E-state index is 2.39. The number of thioether (sulfide) groups is 2. The Morgan fingerprint density at radius 1 is 1.00 bits per heavy atom. The van der Waals surface area contributed by atoms with Gasteiger partial charge in [-0.25, -0.2) is 0 Å². The summed E-state index contributed by atoms with van der Waals surface area (Å²) in [5.41, 5.74) is 2.83. The van der Waals surface area contributed by atoms with Crippen LogP contribution in [-0.4, -0.2) is 17.4 Å². The van der Waals surface area contributed by atoms with E-state index in [1.165, 1.54) is 24.5 Å². The van der Waals surface area contributed by atoms with Crippen molar-refractivity contribution in [3.8, 4) is 0 Å². The summed E-state index contributed by atoms with van der Waals surface area (Å²) in [5.74, 6) is 0. The average molecular weight is 329 g/mol. The molecule has 0 spiro atoms. The lowest BCUT2D eigenvalue weighted by atomic mass is 10.0. The lowest BCUT2D eigenvalue weighted by Crippen LogP contribution is -1.94. The van der Waals surface area contributed by atoms with E-state index in [0.29, 0.717) is 0 Å². The molecule has 0 aliphatic carbocycles.